The zero-order chi connectivity index (χ0) is 13.1. The van der Waals surface area contributed by atoms with Crippen molar-refractivity contribution in [1.82, 2.24) is 4.72 Å². The molecule has 0 heterocycles. The quantitative estimate of drug-likeness (QED) is 0.791. The average molecular weight is 256 g/mol. The van der Waals surface area contributed by atoms with Crippen molar-refractivity contribution in [2.24, 2.45) is 5.41 Å². The van der Waals surface area contributed by atoms with Crippen LogP contribution < -0.4 is 10.5 Å². The van der Waals surface area contributed by atoms with E-state index in [-0.39, 0.29) is 10.3 Å². The van der Waals surface area contributed by atoms with E-state index in [1.54, 1.807) is 12.1 Å². The molecule has 0 fully saturated rings. The van der Waals surface area contributed by atoms with Gasteiger partial charge in [-0.15, -0.1) is 0 Å². The first-order chi connectivity index (χ1) is 7.77. The number of benzene rings is 1. The summed E-state index contributed by atoms with van der Waals surface area (Å²) in [6, 6.07) is 6.19. The van der Waals surface area contributed by atoms with Crippen molar-refractivity contribution in [3.8, 4) is 0 Å². The molecule has 1 rings (SSSR count). The summed E-state index contributed by atoms with van der Waals surface area (Å²) in [4.78, 5) is 0.249. The van der Waals surface area contributed by atoms with Crippen LogP contribution in [0, 0.1) is 5.41 Å². The van der Waals surface area contributed by atoms with Gasteiger partial charge in [0.25, 0.3) is 0 Å². The van der Waals surface area contributed by atoms with Crippen LogP contribution in [0.15, 0.2) is 29.2 Å². The minimum Gasteiger partial charge on any atom is -0.399 e. The Balaban J connectivity index is 2.79. The highest BCUT2D eigenvalue weighted by atomic mass is 32.2. The van der Waals surface area contributed by atoms with Crippen molar-refractivity contribution in [2.75, 3.05) is 12.3 Å². The monoisotopic (exact) mass is 256 g/mol. The van der Waals surface area contributed by atoms with Crippen LogP contribution in [0.2, 0.25) is 0 Å². The standard InChI is InChI=1S/C12H20N2O2S/c1-4-12(2,3)9-14-17(15,16)11-7-5-10(13)6-8-11/h5-8,14H,4,9,13H2,1-3H3. The molecule has 0 radical (unpaired) electrons. The van der Waals surface area contributed by atoms with Gasteiger partial charge in [0.15, 0.2) is 0 Å². The minimum absolute atomic E-state index is 0.0408. The van der Waals surface area contributed by atoms with Crippen molar-refractivity contribution in [1.29, 1.82) is 0 Å². The molecule has 0 amide bonds. The van der Waals surface area contributed by atoms with E-state index >= 15 is 0 Å². The molecule has 0 saturated carbocycles. The van der Waals surface area contributed by atoms with E-state index in [1.807, 2.05) is 20.8 Å². The second kappa shape index (κ2) is 5.06. The summed E-state index contributed by atoms with van der Waals surface area (Å²) in [6.45, 7) is 6.52. The van der Waals surface area contributed by atoms with Crippen molar-refractivity contribution >= 4 is 15.7 Å². The van der Waals surface area contributed by atoms with Crippen LogP contribution in [-0.2, 0) is 10.0 Å². The summed E-state index contributed by atoms with van der Waals surface area (Å²) < 4.78 is 26.5. The fourth-order valence-corrected chi connectivity index (χ4v) is 2.39. The van der Waals surface area contributed by atoms with Crippen molar-refractivity contribution in [3.05, 3.63) is 24.3 Å². The van der Waals surface area contributed by atoms with E-state index in [0.29, 0.717) is 12.2 Å². The molecule has 0 saturated heterocycles. The first kappa shape index (κ1) is 14.0. The molecule has 0 aliphatic carbocycles. The van der Waals surface area contributed by atoms with E-state index < -0.39 is 10.0 Å². The fraction of sp³-hybridized carbons (Fsp3) is 0.500. The molecular formula is C12H20N2O2S. The predicted molar refractivity (Wildman–Crippen MR) is 70.1 cm³/mol. The first-order valence-electron chi connectivity index (χ1n) is 5.62. The number of sulfonamides is 1. The Morgan fingerprint density at radius 3 is 2.24 bits per heavy atom. The third kappa shape index (κ3) is 4.02. The number of anilines is 1. The Morgan fingerprint density at radius 2 is 1.76 bits per heavy atom. The molecule has 0 unspecified atom stereocenters. The number of nitrogens with two attached hydrogens (primary N) is 1. The second-order valence-corrected chi connectivity index (χ2v) is 6.68. The lowest BCUT2D eigenvalue weighted by Gasteiger charge is -2.22. The first-order valence-corrected chi connectivity index (χ1v) is 7.10. The van der Waals surface area contributed by atoms with Crippen LogP contribution in [0.1, 0.15) is 27.2 Å². The molecule has 0 aromatic heterocycles. The maximum atomic E-state index is 12.0. The highest BCUT2D eigenvalue weighted by Gasteiger charge is 2.20. The number of hydrogen-bond acceptors (Lipinski definition) is 3. The van der Waals surface area contributed by atoms with Crippen LogP contribution >= 0.6 is 0 Å². The molecule has 17 heavy (non-hydrogen) atoms. The van der Waals surface area contributed by atoms with E-state index in [2.05, 4.69) is 4.72 Å². The third-order valence-corrected chi connectivity index (χ3v) is 4.31. The van der Waals surface area contributed by atoms with Crippen LogP contribution in [0.4, 0.5) is 5.69 Å². The Kier molecular flexibility index (Phi) is 4.16. The zero-order valence-electron chi connectivity index (χ0n) is 10.5. The van der Waals surface area contributed by atoms with Gasteiger partial charge in [0.2, 0.25) is 10.0 Å². The smallest absolute Gasteiger partial charge is 0.240 e. The van der Waals surface area contributed by atoms with Gasteiger partial charge < -0.3 is 5.73 Å². The fourth-order valence-electron chi connectivity index (χ4n) is 1.15. The van der Waals surface area contributed by atoms with Crippen LogP contribution in [-0.4, -0.2) is 15.0 Å². The predicted octanol–water partition coefficient (Wildman–Crippen LogP) is 1.98. The van der Waals surface area contributed by atoms with Gasteiger partial charge in [0, 0.05) is 12.2 Å². The number of nitrogen functional groups attached to an aromatic ring is 1. The summed E-state index contributed by atoms with van der Waals surface area (Å²) in [5, 5.41) is 0. The summed E-state index contributed by atoms with van der Waals surface area (Å²) in [7, 11) is -3.43. The van der Waals surface area contributed by atoms with Crippen LogP contribution in [0.5, 0.6) is 0 Å². The summed E-state index contributed by atoms with van der Waals surface area (Å²) >= 11 is 0. The van der Waals surface area contributed by atoms with Crippen molar-refractivity contribution in [3.63, 3.8) is 0 Å². The topological polar surface area (TPSA) is 72.2 Å². The third-order valence-electron chi connectivity index (χ3n) is 2.89. The van der Waals surface area contributed by atoms with Crippen molar-refractivity contribution < 1.29 is 8.42 Å². The van der Waals surface area contributed by atoms with Gasteiger partial charge >= 0.3 is 0 Å². The van der Waals surface area contributed by atoms with Gasteiger partial charge in [-0.2, -0.15) is 0 Å². The Labute approximate surface area is 103 Å². The normalized spacial score (nSPS) is 12.6. The van der Waals surface area contributed by atoms with E-state index in [0.717, 1.165) is 6.42 Å². The maximum absolute atomic E-state index is 12.0. The molecule has 0 bridgehead atoms. The van der Waals surface area contributed by atoms with Crippen molar-refractivity contribution in [2.45, 2.75) is 32.1 Å². The van der Waals surface area contributed by atoms with E-state index in [9.17, 15) is 8.42 Å². The van der Waals surface area contributed by atoms with E-state index in [1.165, 1.54) is 12.1 Å². The second-order valence-electron chi connectivity index (χ2n) is 4.91. The lowest BCUT2D eigenvalue weighted by atomic mass is 9.91. The number of rotatable bonds is 5. The lowest BCUT2D eigenvalue weighted by Crippen LogP contribution is -2.33. The average Bonchev–Trinajstić information content (AvgIpc) is 2.27. The summed E-state index contributed by atoms with van der Waals surface area (Å²) in [5.74, 6) is 0. The van der Waals surface area contributed by atoms with Crippen LogP contribution in [0.25, 0.3) is 0 Å². The molecule has 5 heteroatoms. The van der Waals surface area contributed by atoms with Gasteiger partial charge in [0.05, 0.1) is 4.90 Å². The molecular weight excluding hydrogens is 236 g/mol. The lowest BCUT2D eigenvalue weighted by molar-refractivity contribution is 0.350. The molecule has 0 spiro atoms. The molecule has 96 valence electrons. The Hall–Kier alpha value is -1.07. The van der Waals surface area contributed by atoms with Gasteiger partial charge in [0.1, 0.15) is 0 Å². The Bertz CT molecular complexity index is 464. The minimum atomic E-state index is -3.43. The van der Waals surface area contributed by atoms with Gasteiger partial charge in [-0.05, 0) is 36.1 Å². The molecule has 0 aliphatic heterocycles. The molecule has 1 aromatic carbocycles. The van der Waals surface area contributed by atoms with Gasteiger partial charge in [-0.1, -0.05) is 20.8 Å². The van der Waals surface area contributed by atoms with E-state index in [4.69, 9.17) is 5.73 Å². The molecule has 1 aromatic rings. The molecule has 3 N–H and O–H groups in total. The molecule has 0 atom stereocenters. The summed E-state index contributed by atoms with van der Waals surface area (Å²) in [6.07, 6.45) is 0.914. The summed E-state index contributed by atoms with van der Waals surface area (Å²) in [5.41, 5.74) is 6.03. The maximum Gasteiger partial charge on any atom is 0.240 e. The highest BCUT2D eigenvalue weighted by molar-refractivity contribution is 7.89. The SMILES string of the molecule is CCC(C)(C)CNS(=O)(=O)c1ccc(N)cc1. The van der Waals surface area contributed by atoms with Gasteiger partial charge in [-0.25, -0.2) is 13.1 Å². The Morgan fingerprint density at radius 1 is 1.24 bits per heavy atom. The highest BCUT2D eigenvalue weighted by Crippen LogP contribution is 2.19. The van der Waals surface area contributed by atoms with Gasteiger partial charge in [-0.3, -0.25) is 0 Å². The molecule has 0 aliphatic rings. The largest absolute Gasteiger partial charge is 0.399 e. The molecule has 4 nitrogen and oxygen atoms in total. The zero-order valence-corrected chi connectivity index (χ0v) is 11.3. The number of nitrogens with one attached hydrogen (secondary N) is 1. The van der Waals surface area contributed by atoms with Crippen LogP contribution in [0.3, 0.4) is 0 Å². The number of hydrogen-bond donors (Lipinski definition) is 2.